The molecular formula is C13H20N2O2. The van der Waals surface area contributed by atoms with Gasteiger partial charge in [-0.3, -0.25) is 0 Å². The summed E-state index contributed by atoms with van der Waals surface area (Å²) in [5.41, 5.74) is 0.868. The Bertz CT molecular complexity index is 368. The fourth-order valence-corrected chi connectivity index (χ4v) is 2.13. The number of nitrogens with one attached hydrogen (secondary N) is 1. The van der Waals surface area contributed by atoms with Gasteiger partial charge in [0.15, 0.2) is 0 Å². The predicted octanol–water partition coefficient (Wildman–Crippen LogP) is 2.19. The summed E-state index contributed by atoms with van der Waals surface area (Å²) in [5, 5.41) is 13.1. The molecule has 1 aromatic heterocycles. The first-order valence-electron chi connectivity index (χ1n) is 6.23. The average Bonchev–Trinajstić information content (AvgIpc) is 2.67. The standard InChI is InChI=1S/C13H20N2O2/c1-9(2)17-13-11(6-4-8-14-13)15-10-5-3-7-12(10)16/h4,6,8-10,12,15-16H,3,5,7H2,1-2H3. The molecule has 1 saturated carbocycles. The number of rotatable bonds is 4. The minimum Gasteiger partial charge on any atom is -0.473 e. The van der Waals surface area contributed by atoms with E-state index in [1.807, 2.05) is 26.0 Å². The zero-order chi connectivity index (χ0) is 12.3. The molecule has 1 aliphatic rings. The molecule has 2 N–H and O–H groups in total. The highest BCUT2D eigenvalue weighted by atomic mass is 16.5. The molecule has 2 unspecified atom stereocenters. The number of anilines is 1. The molecule has 4 nitrogen and oxygen atoms in total. The molecule has 0 amide bonds. The van der Waals surface area contributed by atoms with Crippen LogP contribution in [-0.4, -0.2) is 28.3 Å². The zero-order valence-corrected chi connectivity index (χ0v) is 10.4. The molecule has 2 atom stereocenters. The zero-order valence-electron chi connectivity index (χ0n) is 10.4. The molecule has 94 valence electrons. The van der Waals surface area contributed by atoms with E-state index in [2.05, 4.69) is 10.3 Å². The van der Waals surface area contributed by atoms with Crippen LogP contribution in [0.3, 0.4) is 0 Å². The Hall–Kier alpha value is -1.29. The van der Waals surface area contributed by atoms with Gasteiger partial charge in [-0.25, -0.2) is 4.98 Å². The predicted molar refractivity (Wildman–Crippen MR) is 67.3 cm³/mol. The van der Waals surface area contributed by atoms with E-state index in [0.29, 0.717) is 5.88 Å². The number of aromatic nitrogens is 1. The van der Waals surface area contributed by atoms with Crippen molar-refractivity contribution in [2.75, 3.05) is 5.32 Å². The number of aliphatic hydroxyl groups excluding tert-OH is 1. The summed E-state index contributed by atoms with van der Waals surface area (Å²) in [6.45, 7) is 3.95. The quantitative estimate of drug-likeness (QED) is 0.841. The van der Waals surface area contributed by atoms with Crippen molar-refractivity contribution in [3.8, 4) is 5.88 Å². The SMILES string of the molecule is CC(C)Oc1ncccc1NC1CCCC1O. The average molecular weight is 236 g/mol. The Labute approximate surface area is 102 Å². The molecule has 0 saturated heterocycles. The summed E-state index contributed by atoms with van der Waals surface area (Å²) >= 11 is 0. The molecule has 4 heteroatoms. The first-order chi connectivity index (χ1) is 8.16. The third kappa shape index (κ3) is 3.09. The highest BCUT2D eigenvalue weighted by Gasteiger charge is 2.25. The summed E-state index contributed by atoms with van der Waals surface area (Å²) in [6.07, 6.45) is 4.49. The van der Waals surface area contributed by atoms with Crippen molar-refractivity contribution < 1.29 is 9.84 Å². The number of pyridine rings is 1. The van der Waals surface area contributed by atoms with Crippen molar-refractivity contribution >= 4 is 5.69 Å². The molecule has 0 spiro atoms. The summed E-state index contributed by atoms with van der Waals surface area (Å²) < 4.78 is 5.64. The fraction of sp³-hybridized carbons (Fsp3) is 0.615. The van der Waals surface area contributed by atoms with Crippen LogP contribution < -0.4 is 10.1 Å². The lowest BCUT2D eigenvalue weighted by Crippen LogP contribution is -2.28. The minimum absolute atomic E-state index is 0.0963. The van der Waals surface area contributed by atoms with E-state index in [4.69, 9.17) is 4.74 Å². The van der Waals surface area contributed by atoms with Gasteiger partial charge in [0.1, 0.15) is 0 Å². The minimum atomic E-state index is -0.262. The first-order valence-corrected chi connectivity index (χ1v) is 6.23. The van der Waals surface area contributed by atoms with Gasteiger partial charge in [-0.05, 0) is 45.2 Å². The maximum Gasteiger partial charge on any atom is 0.237 e. The lowest BCUT2D eigenvalue weighted by atomic mass is 10.2. The number of hydrogen-bond donors (Lipinski definition) is 2. The van der Waals surface area contributed by atoms with Crippen LogP contribution in [-0.2, 0) is 0 Å². The molecule has 2 rings (SSSR count). The lowest BCUT2D eigenvalue weighted by molar-refractivity contribution is 0.171. The van der Waals surface area contributed by atoms with Crippen LogP contribution in [0.1, 0.15) is 33.1 Å². The molecule has 0 radical (unpaired) electrons. The van der Waals surface area contributed by atoms with Crippen molar-refractivity contribution in [1.82, 2.24) is 4.98 Å². The highest BCUT2D eigenvalue weighted by Crippen LogP contribution is 2.27. The molecule has 0 aliphatic heterocycles. The van der Waals surface area contributed by atoms with E-state index >= 15 is 0 Å². The van der Waals surface area contributed by atoms with Gasteiger partial charge >= 0.3 is 0 Å². The molecule has 0 bridgehead atoms. The largest absolute Gasteiger partial charge is 0.473 e. The van der Waals surface area contributed by atoms with Gasteiger partial charge in [0.2, 0.25) is 5.88 Å². The van der Waals surface area contributed by atoms with E-state index in [9.17, 15) is 5.11 Å². The lowest BCUT2D eigenvalue weighted by Gasteiger charge is -2.20. The fourth-order valence-electron chi connectivity index (χ4n) is 2.13. The monoisotopic (exact) mass is 236 g/mol. The van der Waals surface area contributed by atoms with E-state index in [1.165, 1.54) is 0 Å². The summed E-state index contributed by atoms with van der Waals surface area (Å²) in [7, 11) is 0. The van der Waals surface area contributed by atoms with Crippen LogP contribution >= 0.6 is 0 Å². The van der Waals surface area contributed by atoms with Gasteiger partial charge in [0.25, 0.3) is 0 Å². The molecule has 17 heavy (non-hydrogen) atoms. The van der Waals surface area contributed by atoms with Crippen LogP contribution in [0, 0.1) is 0 Å². The van der Waals surface area contributed by atoms with E-state index in [0.717, 1.165) is 24.9 Å². The summed E-state index contributed by atoms with van der Waals surface area (Å²) in [6, 6.07) is 3.93. The number of ether oxygens (including phenoxy) is 1. The van der Waals surface area contributed by atoms with Crippen molar-refractivity contribution in [2.24, 2.45) is 0 Å². The second kappa shape index (κ2) is 5.36. The molecule has 1 aliphatic carbocycles. The van der Waals surface area contributed by atoms with Gasteiger partial charge < -0.3 is 15.2 Å². The Morgan fingerprint density at radius 1 is 1.47 bits per heavy atom. The third-order valence-corrected chi connectivity index (χ3v) is 2.94. The summed E-state index contributed by atoms with van der Waals surface area (Å²) in [4.78, 5) is 4.22. The van der Waals surface area contributed by atoms with Gasteiger partial charge in [-0.2, -0.15) is 0 Å². The molecular weight excluding hydrogens is 216 g/mol. The number of hydrogen-bond acceptors (Lipinski definition) is 4. The van der Waals surface area contributed by atoms with Crippen molar-refractivity contribution in [2.45, 2.75) is 51.4 Å². The Balaban J connectivity index is 2.09. The molecule has 1 aromatic rings. The van der Waals surface area contributed by atoms with Gasteiger partial charge in [0, 0.05) is 6.20 Å². The van der Waals surface area contributed by atoms with Crippen LogP contribution in [0.2, 0.25) is 0 Å². The van der Waals surface area contributed by atoms with Crippen molar-refractivity contribution in [1.29, 1.82) is 0 Å². The maximum absolute atomic E-state index is 9.80. The van der Waals surface area contributed by atoms with Crippen LogP contribution in [0.5, 0.6) is 5.88 Å². The molecule has 1 fully saturated rings. The second-order valence-corrected chi connectivity index (χ2v) is 4.77. The highest BCUT2D eigenvalue weighted by molar-refractivity contribution is 5.53. The van der Waals surface area contributed by atoms with Crippen LogP contribution in [0.15, 0.2) is 18.3 Å². The normalized spacial score (nSPS) is 24.0. The smallest absolute Gasteiger partial charge is 0.237 e. The second-order valence-electron chi connectivity index (χ2n) is 4.77. The summed E-state index contributed by atoms with van der Waals surface area (Å²) in [5.74, 6) is 0.613. The Morgan fingerprint density at radius 3 is 2.94 bits per heavy atom. The molecule has 0 aromatic carbocycles. The topological polar surface area (TPSA) is 54.4 Å². The Morgan fingerprint density at radius 2 is 2.29 bits per heavy atom. The maximum atomic E-state index is 9.80. The van der Waals surface area contributed by atoms with E-state index in [1.54, 1.807) is 6.20 Å². The van der Waals surface area contributed by atoms with Gasteiger partial charge in [0.05, 0.1) is 23.9 Å². The van der Waals surface area contributed by atoms with Gasteiger partial charge in [-0.15, -0.1) is 0 Å². The van der Waals surface area contributed by atoms with Crippen LogP contribution in [0.25, 0.3) is 0 Å². The van der Waals surface area contributed by atoms with E-state index in [-0.39, 0.29) is 18.2 Å². The molecule has 1 heterocycles. The van der Waals surface area contributed by atoms with E-state index < -0.39 is 0 Å². The Kier molecular flexibility index (Phi) is 3.84. The number of nitrogens with zero attached hydrogens (tertiary/aromatic N) is 1. The first kappa shape index (κ1) is 12.2. The third-order valence-electron chi connectivity index (χ3n) is 2.94. The van der Waals surface area contributed by atoms with Gasteiger partial charge in [-0.1, -0.05) is 0 Å². The van der Waals surface area contributed by atoms with Crippen molar-refractivity contribution in [3.05, 3.63) is 18.3 Å². The van der Waals surface area contributed by atoms with Crippen molar-refractivity contribution in [3.63, 3.8) is 0 Å². The number of aliphatic hydroxyl groups is 1. The van der Waals surface area contributed by atoms with Crippen LogP contribution in [0.4, 0.5) is 5.69 Å².